The first-order valence-electron chi connectivity index (χ1n) is 6.69. The number of nitrogens with one attached hydrogen (secondary N) is 1. The molecule has 0 aromatic heterocycles. The highest BCUT2D eigenvalue weighted by Crippen LogP contribution is 2.20. The lowest BCUT2D eigenvalue weighted by atomic mass is 10.1. The molecule has 0 saturated heterocycles. The van der Waals surface area contributed by atoms with Crippen molar-refractivity contribution >= 4 is 5.97 Å². The van der Waals surface area contributed by atoms with Crippen molar-refractivity contribution in [2.24, 2.45) is 0 Å². The number of hydrogen-bond donors (Lipinski definition) is 1. The van der Waals surface area contributed by atoms with Crippen LogP contribution in [0.25, 0.3) is 0 Å². The number of hydrogen-bond acceptors (Lipinski definition) is 4. The summed E-state index contributed by atoms with van der Waals surface area (Å²) in [6, 6.07) is 7.28. The molecule has 106 valence electrons. The van der Waals surface area contributed by atoms with Gasteiger partial charge in [-0.3, -0.25) is 5.32 Å². The van der Waals surface area contributed by atoms with Gasteiger partial charge in [0.1, 0.15) is 11.8 Å². The Kier molecular flexibility index (Phi) is 6.36. The SMILES string of the molecule is CCOC(=O)C(NC(C)CC)c1ccc(OC)cc1. The van der Waals surface area contributed by atoms with Gasteiger partial charge in [0.25, 0.3) is 0 Å². The quantitative estimate of drug-likeness (QED) is 0.770. The van der Waals surface area contributed by atoms with Gasteiger partial charge in [-0.25, -0.2) is 4.79 Å². The van der Waals surface area contributed by atoms with Crippen molar-refractivity contribution < 1.29 is 14.3 Å². The Morgan fingerprint density at radius 1 is 1.26 bits per heavy atom. The van der Waals surface area contributed by atoms with Crippen molar-refractivity contribution in [1.82, 2.24) is 5.32 Å². The van der Waals surface area contributed by atoms with Crippen LogP contribution in [0.15, 0.2) is 24.3 Å². The molecule has 0 radical (unpaired) electrons. The minimum Gasteiger partial charge on any atom is -0.497 e. The van der Waals surface area contributed by atoms with Crippen LogP contribution in [0.4, 0.5) is 0 Å². The van der Waals surface area contributed by atoms with Crippen LogP contribution in [-0.4, -0.2) is 25.7 Å². The van der Waals surface area contributed by atoms with Gasteiger partial charge >= 0.3 is 5.97 Å². The number of rotatable bonds is 7. The van der Waals surface area contributed by atoms with Crippen LogP contribution < -0.4 is 10.1 Å². The molecule has 0 saturated carbocycles. The van der Waals surface area contributed by atoms with Gasteiger partial charge in [0, 0.05) is 6.04 Å². The van der Waals surface area contributed by atoms with E-state index in [1.54, 1.807) is 7.11 Å². The predicted molar refractivity (Wildman–Crippen MR) is 75.3 cm³/mol. The fourth-order valence-corrected chi connectivity index (χ4v) is 1.72. The second-order valence-corrected chi connectivity index (χ2v) is 4.43. The molecule has 0 aliphatic carbocycles. The zero-order valence-corrected chi connectivity index (χ0v) is 12.1. The van der Waals surface area contributed by atoms with E-state index in [1.807, 2.05) is 31.2 Å². The van der Waals surface area contributed by atoms with Crippen LogP contribution >= 0.6 is 0 Å². The molecule has 0 amide bonds. The van der Waals surface area contributed by atoms with Crippen molar-refractivity contribution in [2.75, 3.05) is 13.7 Å². The van der Waals surface area contributed by atoms with Crippen molar-refractivity contribution in [3.63, 3.8) is 0 Å². The fraction of sp³-hybridized carbons (Fsp3) is 0.533. The van der Waals surface area contributed by atoms with Crippen LogP contribution in [0, 0.1) is 0 Å². The molecule has 2 atom stereocenters. The summed E-state index contributed by atoms with van der Waals surface area (Å²) < 4.78 is 10.3. The minimum absolute atomic E-state index is 0.243. The van der Waals surface area contributed by atoms with Crippen LogP contribution in [0.1, 0.15) is 38.8 Å². The van der Waals surface area contributed by atoms with E-state index in [9.17, 15) is 4.79 Å². The molecule has 1 rings (SSSR count). The van der Waals surface area contributed by atoms with Gasteiger partial charge in [0.2, 0.25) is 0 Å². The highest BCUT2D eigenvalue weighted by Gasteiger charge is 2.23. The maximum absolute atomic E-state index is 12.0. The van der Waals surface area contributed by atoms with Crippen molar-refractivity contribution in [3.05, 3.63) is 29.8 Å². The Morgan fingerprint density at radius 2 is 1.89 bits per heavy atom. The number of ether oxygens (including phenoxy) is 2. The van der Waals surface area contributed by atoms with E-state index in [2.05, 4.69) is 19.2 Å². The van der Waals surface area contributed by atoms with Crippen LogP contribution in [-0.2, 0) is 9.53 Å². The van der Waals surface area contributed by atoms with E-state index >= 15 is 0 Å². The van der Waals surface area contributed by atoms with Crippen molar-refractivity contribution in [1.29, 1.82) is 0 Å². The minimum atomic E-state index is -0.430. The summed E-state index contributed by atoms with van der Waals surface area (Å²) in [6.45, 7) is 6.32. The monoisotopic (exact) mass is 265 g/mol. The Bertz CT molecular complexity index is 389. The molecule has 0 fully saturated rings. The molecule has 0 aliphatic heterocycles. The van der Waals surface area contributed by atoms with Crippen LogP contribution in [0.5, 0.6) is 5.75 Å². The Morgan fingerprint density at radius 3 is 2.37 bits per heavy atom. The zero-order valence-electron chi connectivity index (χ0n) is 12.1. The summed E-state index contributed by atoms with van der Waals surface area (Å²) in [5.74, 6) is 0.530. The van der Waals surface area contributed by atoms with Crippen LogP contribution in [0.2, 0.25) is 0 Å². The second-order valence-electron chi connectivity index (χ2n) is 4.43. The van der Waals surface area contributed by atoms with Gasteiger partial charge in [-0.15, -0.1) is 0 Å². The maximum Gasteiger partial charge on any atom is 0.327 e. The van der Waals surface area contributed by atoms with Crippen molar-refractivity contribution in [2.45, 2.75) is 39.3 Å². The smallest absolute Gasteiger partial charge is 0.327 e. The normalized spacial score (nSPS) is 13.7. The highest BCUT2D eigenvalue weighted by atomic mass is 16.5. The van der Waals surface area contributed by atoms with Crippen LogP contribution in [0.3, 0.4) is 0 Å². The number of carbonyl (C=O) groups is 1. The molecule has 1 aromatic rings. The van der Waals surface area contributed by atoms with E-state index in [1.165, 1.54) is 0 Å². The van der Waals surface area contributed by atoms with Crippen molar-refractivity contribution in [3.8, 4) is 5.75 Å². The number of methoxy groups -OCH3 is 1. The average Bonchev–Trinajstić information content (AvgIpc) is 2.44. The lowest BCUT2D eigenvalue weighted by molar-refractivity contribution is -0.146. The van der Waals surface area contributed by atoms with Gasteiger partial charge in [-0.1, -0.05) is 19.1 Å². The topological polar surface area (TPSA) is 47.6 Å². The molecule has 2 unspecified atom stereocenters. The molecule has 4 nitrogen and oxygen atoms in total. The third-order valence-corrected chi connectivity index (χ3v) is 3.03. The Labute approximate surface area is 115 Å². The van der Waals surface area contributed by atoms with Gasteiger partial charge in [0.05, 0.1) is 13.7 Å². The van der Waals surface area contributed by atoms with E-state index in [-0.39, 0.29) is 12.0 Å². The van der Waals surface area contributed by atoms with E-state index in [4.69, 9.17) is 9.47 Å². The first-order chi connectivity index (χ1) is 9.12. The summed E-state index contributed by atoms with van der Waals surface area (Å²) >= 11 is 0. The van der Waals surface area contributed by atoms with Gasteiger partial charge in [-0.2, -0.15) is 0 Å². The number of esters is 1. The molecule has 1 N–H and O–H groups in total. The summed E-state index contributed by atoms with van der Waals surface area (Å²) in [5, 5.41) is 3.29. The predicted octanol–water partition coefficient (Wildman–Crippen LogP) is 2.69. The third kappa shape index (κ3) is 4.56. The summed E-state index contributed by atoms with van der Waals surface area (Å²) in [4.78, 5) is 12.0. The molecule has 0 heterocycles. The molecule has 0 spiro atoms. The Hall–Kier alpha value is -1.55. The van der Waals surface area contributed by atoms with Gasteiger partial charge in [0.15, 0.2) is 0 Å². The number of carbonyl (C=O) groups excluding carboxylic acids is 1. The second kappa shape index (κ2) is 7.79. The highest BCUT2D eigenvalue weighted by molar-refractivity contribution is 5.77. The first kappa shape index (κ1) is 15.5. The number of benzene rings is 1. The van der Waals surface area contributed by atoms with Gasteiger partial charge in [-0.05, 0) is 38.0 Å². The molecule has 0 aliphatic rings. The molecule has 4 heteroatoms. The van der Waals surface area contributed by atoms with Gasteiger partial charge < -0.3 is 9.47 Å². The largest absolute Gasteiger partial charge is 0.497 e. The standard InChI is InChI=1S/C15H23NO3/c1-5-11(3)16-14(15(17)19-6-2)12-7-9-13(18-4)10-8-12/h7-11,14,16H,5-6H2,1-4H3. The maximum atomic E-state index is 12.0. The fourth-order valence-electron chi connectivity index (χ4n) is 1.72. The molecular formula is C15H23NO3. The first-order valence-corrected chi connectivity index (χ1v) is 6.69. The molecule has 1 aromatic carbocycles. The molecular weight excluding hydrogens is 242 g/mol. The van der Waals surface area contributed by atoms with E-state index < -0.39 is 6.04 Å². The van der Waals surface area contributed by atoms with E-state index in [0.717, 1.165) is 17.7 Å². The zero-order chi connectivity index (χ0) is 14.3. The van der Waals surface area contributed by atoms with E-state index in [0.29, 0.717) is 6.61 Å². The average molecular weight is 265 g/mol. The summed E-state index contributed by atoms with van der Waals surface area (Å²) in [7, 11) is 1.62. The lowest BCUT2D eigenvalue weighted by Crippen LogP contribution is -2.36. The molecule has 19 heavy (non-hydrogen) atoms. The Balaban J connectivity index is 2.90. The summed E-state index contributed by atoms with van der Waals surface area (Å²) in [6.07, 6.45) is 0.950. The molecule has 0 bridgehead atoms. The lowest BCUT2D eigenvalue weighted by Gasteiger charge is -2.21. The third-order valence-electron chi connectivity index (χ3n) is 3.03. The summed E-state index contributed by atoms with van der Waals surface area (Å²) in [5.41, 5.74) is 0.888.